The molecule has 4 N–H and O–H groups in total. The molecule has 2 saturated heterocycles. The van der Waals surface area contributed by atoms with Crippen LogP contribution in [-0.2, 0) is 6.42 Å². The predicted molar refractivity (Wildman–Crippen MR) is 141 cm³/mol. The lowest BCUT2D eigenvalue weighted by molar-refractivity contribution is 0.124. The highest BCUT2D eigenvalue weighted by atomic mass is 35.5. The Hall–Kier alpha value is -2.55. The second-order valence-corrected chi connectivity index (χ2v) is 9.38. The fraction of sp³-hybridized carbons (Fsp3) is 0.500. The van der Waals surface area contributed by atoms with Gasteiger partial charge in [0.05, 0.1) is 30.8 Å². The van der Waals surface area contributed by atoms with Gasteiger partial charge in [0.1, 0.15) is 5.83 Å². The number of hydrogen-bond donors (Lipinski definition) is 2. The number of hydrogen-bond acceptors (Lipinski definition) is 6. The van der Waals surface area contributed by atoms with Gasteiger partial charge >= 0.3 is 0 Å². The quantitative estimate of drug-likeness (QED) is 0.204. The molecule has 0 saturated carbocycles. The maximum atomic E-state index is 14.0. The number of allylic oxidation sites excluding steroid dienone is 5. The van der Waals surface area contributed by atoms with Gasteiger partial charge in [-0.1, -0.05) is 17.7 Å². The van der Waals surface area contributed by atoms with Gasteiger partial charge in [0.25, 0.3) is 0 Å². The fourth-order valence-electron chi connectivity index (χ4n) is 4.95. The highest BCUT2D eigenvalue weighted by Crippen LogP contribution is 2.36. The molecule has 9 heteroatoms. The number of halogens is 2. The van der Waals surface area contributed by atoms with Crippen molar-refractivity contribution < 1.29 is 13.9 Å². The first-order valence-electron chi connectivity index (χ1n) is 12.1. The number of methoxy groups -OCH3 is 1. The van der Waals surface area contributed by atoms with E-state index in [9.17, 15) is 4.39 Å². The summed E-state index contributed by atoms with van der Waals surface area (Å²) < 4.78 is 25.7. The average Bonchev–Trinajstić information content (AvgIpc) is 3.24. The summed E-state index contributed by atoms with van der Waals surface area (Å²) in [7, 11) is 3.81. The lowest BCUT2D eigenvalue weighted by Gasteiger charge is -2.36. The molecule has 7 nitrogen and oxygen atoms in total. The van der Waals surface area contributed by atoms with Gasteiger partial charge in [0, 0.05) is 25.2 Å². The maximum absolute atomic E-state index is 14.0. The van der Waals surface area contributed by atoms with Crippen LogP contribution in [0, 0.1) is 5.92 Å². The lowest BCUT2D eigenvalue weighted by atomic mass is 9.93. The molecule has 3 rings (SSSR count). The third-order valence-electron chi connectivity index (χ3n) is 6.65. The number of ether oxygens (including phenoxy) is 2. The standard InChI is InChI=1S/C26H37ClFN5O2/c1-32-12-9-24-20(17-32)8-13-33(24)11-4-14-35-26-15-19(23(31-18-30)16-25(26)34-2)5-3-6-22(28)21(27)7-10-29/h3,6-7,10,15-16,18,20,24H,4-5,8-9,11-14,17,29H2,1-2H3,(H2,30,31)/b6-3-,10-7+,22-21-. The number of likely N-dealkylation sites (tertiary alicyclic amines) is 2. The van der Waals surface area contributed by atoms with Crippen LogP contribution < -0.4 is 20.9 Å². The van der Waals surface area contributed by atoms with E-state index in [2.05, 4.69) is 21.8 Å². The summed E-state index contributed by atoms with van der Waals surface area (Å²) in [5, 5.41) is -0.0627. The molecular weight excluding hydrogens is 469 g/mol. The number of rotatable bonds is 11. The topological polar surface area (TPSA) is 89.3 Å². The molecule has 2 aliphatic rings. The minimum atomic E-state index is -0.573. The Labute approximate surface area is 212 Å². The summed E-state index contributed by atoms with van der Waals surface area (Å²) in [6.45, 7) is 5.17. The minimum Gasteiger partial charge on any atom is -0.493 e. The molecule has 35 heavy (non-hydrogen) atoms. The third kappa shape index (κ3) is 7.46. The molecule has 0 amide bonds. The number of piperidine rings is 1. The van der Waals surface area contributed by atoms with E-state index >= 15 is 0 Å². The smallest absolute Gasteiger partial charge is 0.162 e. The van der Waals surface area contributed by atoms with E-state index in [-0.39, 0.29) is 5.03 Å². The van der Waals surface area contributed by atoms with Gasteiger partial charge in [-0.2, -0.15) is 0 Å². The molecule has 1 aromatic rings. The normalized spacial score (nSPS) is 22.3. The van der Waals surface area contributed by atoms with Crippen LogP contribution in [0.5, 0.6) is 11.5 Å². The summed E-state index contributed by atoms with van der Waals surface area (Å²) in [5.74, 6) is 1.43. The van der Waals surface area contributed by atoms with Crippen molar-refractivity contribution in [1.29, 1.82) is 0 Å². The Morgan fingerprint density at radius 3 is 2.80 bits per heavy atom. The number of fused-ring (bicyclic) bond motifs is 1. The molecule has 0 spiro atoms. The fourth-order valence-corrected chi connectivity index (χ4v) is 5.09. The predicted octanol–water partition coefficient (Wildman–Crippen LogP) is 4.10. The second-order valence-electron chi connectivity index (χ2n) is 8.98. The van der Waals surface area contributed by atoms with E-state index in [1.807, 2.05) is 6.07 Å². The van der Waals surface area contributed by atoms with Gasteiger partial charge in [0.2, 0.25) is 0 Å². The molecule has 1 aromatic carbocycles. The monoisotopic (exact) mass is 505 g/mol. The lowest BCUT2D eigenvalue weighted by Crippen LogP contribution is -2.44. The summed E-state index contributed by atoms with van der Waals surface area (Å²) in [5.41, 5.74) is 12.2. The van der Waals surface area contributed by atoms with Crippen LogP contribution in [0.25, 0.3) is 0 Å². The zero-order chi connectivity index (χ0) is 25.2. The largest absolute Gasteiger partial charge is 0.493 e. The third-order valence-corrected chi connectivity index (χ3v) is 6.96. The SMILES string of the molecule is COc1cc(N=CN)c(C\C=C/C(F)=C(Cl)\C=C\N)cc1OCCCN1CCC2CN(C)CCC21. The van der Waals surface area contributed by atoms with E-state index in [0.29, 0.717) is 36.3 Å². The molecule has 2 aliphatic heterocycles. The van der Waals surface area contributed by atoms with Crippen molar-refractivity contribution in [2.45, 2.75) is 31.7 Å². The van der Waals surface area contributed by atoms with Gasteiger partial charge in [-0.25, -0.2) is 9.38 Å². The number of benzene rings is 1. The Morgan fingerprint density at radius 1 is 1.23 bits per heavy atom. The molecule has 0 bridgehead atoms. The van der Waals surface area contributed by atoms with E-state index in [1.165, 1.54) is 57.2 Å². The Kier molecular flexibility index (Phi) is 10.4. The van der Waals surface area contributed by atoms with Crippen molar-refractivity contribution in [3.63, 3.8) is 0 Å². The van der Waals surface area contributed by atoms with Gasteiger partial charge in [0.15, 0.2) is 11.5 Å². The van der Waals surface area contributed by atoms with Crippen LogP contribution in [0.15, 0.2) is 52.4 Å². The molecular formula is C26H37ClFN5O2. The second kappa shape index (κ2) is 13.5. The van der Waals surface area contributed by atoms with Crippen LogP contribution >= 0.6 is 11.6 Å². The first-order valence-corrected chi connectivity index (χ1v) is 12.4. The first kappa shape index (κ1) is 27.0. The summed E-state index contributed by atoms with van der Waals surface area (Å²) in [4.78, 5) is 9.30. The number of nitrogens with two attached hydrogens (primary N) is 2. The molecule has 2 atom stereocenters. The zero-order valence-electron chi connectivity index (χ0n) is 20.6. The van der Waals surface area contributed by atoms with Crippen molar-refractivity contribution >= 4 is 23.6 Å². The van der Waals surface area contributed by atoms with Crippen molar-refractivity contribution in [2.75, 3.05) is 46.9 Å². The van der Waals surface area contributed by atoms with Crippen molar-refractivity contribution in [2.24, 2.45) is 22.4 Å². The van der Waals surface area contributed by atoms with Crippen LogP contribution in [0.4, 0.5) is 10.1 Å². The summed E-state index contributed by atoms with van der Waals surface area (Å²) >= 11 is 5.83. The minimum absolute atomic E-state index is 0.0627. The summed E-state index contributed by atoms with van der Waals surface area (Å²) in [6, 6.07) is 4.36. The first-order chi connectivity index (χ1) is 17.0. The van der Waals surface area contributed by atoms with Crippen molar-refractivity contribution in [3.05, 3.63) is 53.0 Å². The summed E-state index contributed by atoms with van der Waals surface area (Å²) in [6.07, 6.45) is 10.5. The molecule has 2 fully saturated rings. The molecule has 192 valence electrons. The van der Waals surface area contributed by atoms with Crippen LogP contribution in [0.1, 0.15) is 24.8 Å². The van der Waals surface area contributed by atoms with E-state index in [0.717, 1.165) is 24.4 Å². The van der Waals surface area contributed by atoms with E-state index < -0.39 is 5.83 Å². The molecule has 2 heterocycles. The highest BCUT2D eigenvalue weighted by molar-refractivity contribution is 6.31. The van der Waals surface area contributed by atoms with Gasteiger partial charge in [-0.3, -0.25) is 4.90 Å². The number of nitrogens with zero attached hydrogens (tertiary/aromatic N) is 3. The van der Waals surface area contributed by atoms with E-state index in [1.54, 1.807) is 19.3 Å². The Balaban J connectivity index is 1.62. The van der Waals surface area contributed by atoms with Crippen molar-refractivity contribution in [1.82, 2.24) is 9.80 Å². The molecule has 2 unspecified atom stereocenters. The average molecular weight is 506 g/mol. The maximum Gasteiger partial charge on any atom is 0.162 e. The zero-order valence-corrected chi connectivity index (χ0v) is 21.4. The molecule has 0 aliphatic carbocycles. The van der Waals surface area contributed by atoms with Crippen LogP contribution in [0.2, 0.25) is 0 Å². The van der Waals surface area contributed by atoms with E-state index in [4.69, 9.17) is 32.5 Å². The van der Waals surface area contributed by atoms with Gasteiger partial charge in [-0.05, 0) is 81.7 Å². The van der Waals surface area contributed by atoms with Crippen LogP contribution in [0.3, 0.4) is 0 Å². The van der Waals surface area contributed by atoms with Gasteiger partial charge in [-0.15, -0.1) is 0 Å². The number of aliphatic imine (C=N–C) groups is 1. The van der Waals surface area contributed by atoms with Crippen molar-refractivity contribution in [3.8, 4) is 11.5 Å². The van der Waals surface area contributed by atoms with Gasteiger partial charge < -0.3 is 25.8 Å². The van der Waals surface area contributed by atoms with Crippen LogP contribution in [-0.4, -0.2) is 69.1 Å². The Morgan fingerprint density at radius 2 is 2.06 bits per heavy atom. The molecule has 0 aromatic heterocycles. The highest BCUT2D eigenvalue weighted by Gasteiger charge is 2.36. The Bertz CT molecular complexity index is 965. The molecule has 0 radical (unpaired) electrons.